The maximum atomic E-state index is 11.3. The predicted molar refractivity (Wildman–Crippen MR) is 66.7 cm³/mol. The van der Waals surface area contributed by atoms with Crippen LogP contribution in [0.15, 0.2) is 0 Å². The van der Waals surface area contributed by atoms with E-state index < -0.39 is 11.9 Å². The molecule has 5 heteroatoms. The van der Waals surface area contributed by atoms with E-state index in [4.69, 9.17) is 5.11 Å². The number of carbonyl (C=O) groups excluding carboxylic acids is 1. The summed E-state index contributed by atoms with van der Waals surface area (Å²) in [4.78, 5) is 21.8. The Labute approximate surface area is 101 Å². The van der Waals surface area contributed by atoms with Crippen LogP contribution in [0.2, 0.25) is 0 Å². The summed E-state index contributed by atoms with van der Waals surface area (Å²) >= 11 is 1.62. The molecule has 2 N–H and O–H groups in total. The van der Waals surface area contributed by atoms with Crippen LogP contribution in [0.1, 0.15) is 33.1 Å². The number of nitrogens with one attached hydrogen (secondary N) is 1. The van der Waals surface area contributed by atoms with Crippen LogP contribution in [-0.2, 0) is 9.59 Å². The van der Waals surface area contributed by atoms with Crippen molar-refractivity contribution in [2.75, 3.05) is 18.1 Å². The number of rotatable bonds is 9. The summed E-state index contributed by atoms with van der Waals surface area (Å²) in [5.41, 5.74) is 0. The average molecular weight is 247 g/mol. The molecule has 16 heavy (non-hydrogen) atoms. The zero-order chi connectivity index (χ0) is 12.4. The number of hydrogen-bond acceptors (Lipinski definition) is 3. The second kappa shape index (κ2) is 9.51. The fraction of sp³-hybridized carbons (Fsp3) is 0.818. The van der Waals surface area contributed by atoms with Gasteiger partial charge in [-0.05, 0) is 18.6 Å². The highest BCUT2D eigenvalue weighted by Gasteiger charge is 2.10. The van der Waals surface area contributed by atoms with Crippen molar-refractivity contribution in [1.82, 2.24) is 5.32 Å². The third-order valence-electron chi connectivity index (χ3n) is 2.20. The maximum absolute atomic E-state index is 11.3. The molecule has 0 saturated carbocycles. The van der Waals surface area contributed by atoms with Crippen molar-refractivity contribution >= 4 is 23.6 Å². The van der Waals surface area contributed by atoms with Crippen LogP contribution in [0, 0.1) is 5.92 Å². The lowest BCUT2D eigenvalue weighted by Crippen LogP contribution is -2.28. The molecule has 0 heterocycles. The monoisotopic (exact) mass is 247 g/mol. The van der Waals surface area contributed by atoms with E-state index in [0.29, 0.717) is 18.7 Å². The number of hydrogen-bond donors (Lipinski definition) is 2. The van der Waals surface area contributed by atoms with Gasteiger partial charge in [-0.1, -0.05) is 20.3 Å². The molecule has 1 atom stereocenters. The number of thioether (sulfide) groups is 1. The van der Waals surface area contributed by atoms with Crippen molar-refractivity contribution in [3.63, 3.8) is 0 Å². The highest BCUT2D eigenvalue weighted by molar-refractivity contribution is 7.99. The maximum Gasteiger partial charge on any atom is 0.306 e. The molecular formula is C11H21NO3S. The van der Waals surface area contributed by atoms with Crippen LogP contribution in [0.25, 0.3) is 0 Å². The number of carbonyl (C=O) groups is 2. The van der Waals surface area contributed by atoms with Gasteiger partial charge in [-0.2, -0.15) is 11.8 Å². The first-order valence-electron chi connectivity index (χ1n) is 5.65. The van der Waals surface area contributed by atoms with Crippen LogP contribution >= 0.6 is 11.8 Å². The van der Waals surface area contributed by atoms with Crippen molar-refractivity contribution in [3.8, 4) is 0 Å². The molecule has 0 fully saturated rings. The number of aliphatic carboxylic acids is 1. The van der Waals surface area contributed by atoms with Gasteiger partial charge in [0, 0.05) is 6.54 Å². The molecule has 0 aliphatic carbocycles. The molecule has 4 nitrogen and oxygen atoms in total. The van der Waals surface area contributed by atoms with E-state index in [9.17, 15) is 9.59 Å². The van der Waals surface area contributed by atoms with E-state index in [-0.39, 0.29) is 5.91 Å². The molecule has 0 aromatic heterocycles. The highest BCUT2D eigenvalue weighted by atomic mass is 32.2. The second-order valence-electron chi connectivity index (χ2n) is 3.78. The van der Waals surface area contributed by atoms with Gasteiger partial charge in [0.15, 0.2) is 0 Å². The van der Waals surface area contributed by atoms with Gasteiger partial charge >= 0.3 is 5.97 Å². The predicted octanol–water partition coefficient (Wildman–Crippen LogP) is 1.75. The minimum absolute atomic E-state index is 0.00121. The number of amides is 1. The molecule has 0 aromatic rings. The largest absolute Gasteiger partial charge is 0.481 e. The Morgan fingerprint density at radius 1 is 1.44 bits per heavy atom. The standard InChI is InChI=1S/C11H21NO3S/c1-3-4-7-16-8-10(13)12-6-5-9(2)11(14)15/h9H,3-8H2,1-2H3,(H,12,13)(H,14,15). The van der Waals surface area contributed by atoms with Crippen LogP contribution in [0.4, 0.5) is 0 Å². The first-order chi connectivity index (χ1) is 7.57. The molecule has 1 unspecified atom stereocenters. The molecule has 0 bridgehead atoms. The molecule has 0 aromatic carbocycles. The lowest BCUT2D eigenvalue weighted by molar-refractivity contribution is -0.141. The summed E-state index contributed by atoms with van der Waals surface area (Å²) in [7, 11) is 0. The van der Waals surface area contributed by atoms with Crippen LogP contribution in [0.3, 0.4) is 0 Å². The zero-order valence-corrected chi connectivity index (χ0v) is 10.8. The number of carboxylic acids is 1. The van der Waals surface area contributed by atoms with Crippen molar-refractivity contribution in [1.29, 1.82) is 0 Å². The van der Waals surface area contributed by atoms with E-state index >= 15 is 0 Å². The van der Waals surface area contributed by atoms with Crippen LogP contribution in [0.5, 0.6) is 0 Å². The molecule has 0 aliphatic heterocycles. The average Bonchev–Trinajstić information content (AvgIpc) is 2.24. The van der Waals surface area contributed by atoms with Gasteiger partial charge < -0.3 is 10.4 Å². The molecule has 0 spiro atoms. The third kappa shape index (κ3) is 8.59. The van der Waals surface area contributed by atoms with Crippen molar-refractivity contribution < 1.29 is 14.7 Å². The van der Waals surface area contributed by atoms with E-state index in [1.54, 1.807) is 18.7 Å². The van der Waals surface area contributed by atoms with Gasteiger partial charge in [0.05, 0.1) is 11.7 Å². The van der Waals surface area contributed by atoms with Gasteiger partial charge in [-0.3, -0.25) is 9.59 Å². The number of carboxylic acid groups (broad SMARTS) is 1. The number of unbranched alkanes of at least 4 members (excludes halogenated alkanes) is 1. The van der Waals surface area contributed by atoms with Crippen molar-refractivity contribution in [2.45, 2.75) is 33.1 Å². The second-order valence-corrected chi connectivity index (χ2v) is 4.89. The van der Waals surface area contributed by atoms with Crippen LogP contribution in [-0.4, -0.2) is 35.0 Å². The molecule has 0 aliphatic rings. The Kier molecular flexibility index (Phi) is 9.09. The third-order valence-corrected chi connectivity index (χ3v) is 3.24. The summed E-state index contributed by atoms with van der Waals surface area (Å²) < 4.78 is 0. The van der Waals surface area contributed by atoms with Crippen LogP contribution < -0.4 is 5.32 Å². The molecule has 0 saturated heterocycles. The van der Waals surface area contributed by atoms with Crippen molar-refractivity contribution in [2.24, 2.45) is 5.92 Å². The Balaban J connectivity index is 3.40. The van der Waals surface area contributed by atoms with Gasteiger partial charge in [0.25, 0.3) is 0 Å². The lowest BCUT2D eigenvalue weighted by Gasteiger charge is -2.07. The fourth-order valence-electron chi connectivity index (χ4n) is 1.01. The van der Waals surface area contributed by atoms with Gasteiger partial charge in [0.1, 0.15) is 0 Å². The highest BCUT2D eigenvalue weighted by Crippen LogP contribution is 2.04. The minimum Gasteiger partial charge on any atom is -0.481 e. The molecule has 0 rings (SSSR count). The van der Waals surface area contributed by atoms with Crippen molar-refractivity contribution in [3.05, 3.63) is 0 Å². The van der Waals surface area contributed by atoms with E-state index in [0.717, 1.165) is 18.6 Å². The lowest BCUT2D eigenvalue weighted by atomic mass is 10.1. The first kappa shape index (κ1) is 15.3. The van der Waals surface area contributed by atoms with Gasteiger partial charge in [-0.15, -0.1) is 0 Å². The summed E-state index contributed by atoms with van der Waals surface area (Å²) in [6.45, 7) is 4.21. The molecule has 1 amide bonds. The Bertz CT molecular complexity index is 221. The zero-order valence-electron chi connectivity index (χ0n) is 9.99. The van der Waals surface area contributed by atoms with E-state index in [1.807, 2.05) is 0 Å². The topological polar surface area (TPSA) is 66.4 Å². The molecular weight excluding hydrogens is 226 g/mol. The summed E-state index contributed by atoms with van der Waals surface area (Å²) in [5, 5.41) is 11.4. The normalized spacial score (nSPS) is 12.1. The summed E-state index contributed by atoms with van der Waals surface area (Å²) in [5.74, 6) is 0.273. The summed E-state index contributed by atoms with van der Waals surface area (Å²) in [6.07, 6.45) is 2.76. The Hall–Kier alpha value is -0.710. The van der Waals surface area contributed by atoms with E-state index in [2.05, 4.69) is 12.2 Å². The van der Waals surface area contributed by atoms with Gasteiger partial charge in [0.2, 0.25) is 5.91 Å². The Morgan fingerprint density at radius 2 is 2.12 bits per heavy atom. The minimum atomic E-state index is -0.813. The fourth-order valence-corrected chi connectivity index (χ4v) is 1.94. The summed E-state index contributed by atoms with van der Waals surface area (Å²) in [6, 6.07) is 0. The van der Waals surface area contributed by atoms with E-state index in [1.165, 1.54) is 0 Å². The first-order valence-corrected chi connectivity index (χ1v) is 6.80. The molecule has 94 valence electrons. The quantitative estimate of drug-likeness (QED) is 0.609. The smallest absolute Gasteiger partial charge is 0.306 e. The Morgan fingerprint density at radius 3 is 2.69 bits per heavy atom. The van der Waals surface area contributed by atoms with Gasteiger partial charge in [-0.25, -0.2) is 0 Å². The molecule has 0 radical (unpaired) electrons. The SMILES string of the molecule is CCCCSCC(=O)NCCC(C)C(=O)O.